The summed E-state index contributed by atoms with van der Waals surface area (Å²) in [7, 11) is 1.60. The van der Waals surface area contributed by atoms with Gasteiger partial charge in [0.05, 0.1) is 0 Å². The Morgan fingerprint density at radius 2 is 1.18 bits per heavy atom. The summed E-state index contributed by atoms with van der Waals surface area (Å²) in [5.41, 5.74) is 0. The predicted octanol–water partition coefficient (Wildman–Crippen LogP) is 2.58. The minimum absolute atomic E-state index is 0.00463. The number of hydrogen-bond acceptors (Lipinski definition) is 1. The first-order valence-electron chi connectivity index (χ1n) is 4.28. The molecule has 70 valence electrons. The van der Waals surface area contributed by atoms with Crippen molar-refractivity contribution in [1.82, 2.24) is 5.32 Å². The summed E-state index contributed by atoms with van der Waals surface area (Å²) < 4.78 is 0. The fraction of sp³-hybridized carbons (Fsp3) is 0.889. The van der Waals surface area contributed by atoms with Crippen LogP contribution in [0.2, 0.25) is 0 Å². The van der Waals surface area contributed by atoms with E-state index in [0.29, 0.717) is 0 Å². The SMILES string of the molecule is CCC.CCC.CNC(C)=O. The molecule has 0 atom stereocenters. The normalized spacial score (nSPS) is 6.36. The molecule has 1 N–H and O–H groups in total. The quantitative estimate of drug-likeness (QED) is 0.581. The number of carbonyl (C=O) groups is 1. The van der Waals surface area contributed by atoms with Crippen LogP contribution in [-0.2, 0) is 4.79 Å². The highest BCUT2D eigenvalue weighted by Crippen LogP contribution is 1.56. The number of amides is 1. The molecule has 0 unspecified atom stereocenters. The number of carbonyl (C=O) groups excluding carboxylic acids is 1. The first kappa shape index (κ1) is 16.8. The molecule has 0 aromatic carbocycles. The minimum atomic E-state index is 0.00463. The van der Waals surface area contributed by atoms with Gasteiger partial charge in [0.2, 0.25) is 5.91 Å². The van der Waals surface area contributed by atoms with Gasteiger partial charge in [-0.3, -0.25) is 4.79 Å². The van der Waals surface area contributed by atoms with Gasteiger partial charge in [-0.1, -0.05) is 40.5 Å². The second kappa shape index (κ2) is 22.7. The lowest BCUT2D eigenvalue weighted by molar-refractivity contribution is -0.118. The van der Waals surface area contributed by atoms with E-state index >= 15 is 0 Å². The van der Waals surface area contributed by atoms with Gasteiger partial charge in [0, 0.05) is 14.0 Å². The Morgan fingerprint density at radius 1 is 1.09 bits per heavy atom. The van der Waals surface area contributed by atoms with Crippen LogP contribution in [-0.4, -0.2) is 13.0 Å². The lowest BCUT2D eigenvalue weighted by atomic mass is 10.6. The van der Waals surface area contributed by atoms with E-state index in [1.807, 2.05) is 0 Å². The van der Waals surface area contributed by atoms with Crippen LogP contribution in [0, 0.1) is 0 Å². The molecular formula is C9H23NO. The van der Waals surface area contributed by atoms with Crippen molar-refractivity contribution in [1.29, 1.82) is 0 Å². The molecule has 0 saturated carbocycles. The van der Waals surface area contributed by atoms with Crippen LogP contribution in [0.4, 0.5) is 0 Å². The van der Waals surface area contributed by atoms with Gasteiger partial charge in [-0.05, 0) is 0 Å². The molecule has 0 fully saturated rings. The maximum Gasteiger partial charge on any atom is 0.216 e. The lowest BCUT2D eigenvalue weighted by Gasteiger charge is -1.80. The second-order valence-corrected chi connectivity index (χ2v) is 2.22. The third kappa shape index (κ3) is 245. The molecule has 0 aliphatic heterocycles. The highest BCUT2D eigenvalue weighted by molar-refractivity contribution is 5.72. The molecule has 0 bridgehead atoms. The van der Waals surface area contributed by atoms with Crippen LogP contribution >= 0.6 is 0 Å². The van der Waals surface area contributed by atoms with Crippen LogP contribution in [0.15, 0.2) is 0 Å². The Bertz CT molecular complexity index is 60.6. The Morgan fingerprint density at radius 3 is 1.18 bits per heavy atom. The predicted molar refractivity (Wildman–Crippen MR) is 51.7 cm³/mol. The third-order valence-electron chi connectivity index (χ3n) is 0.352. The topological polar surface area (TPSA) is 29.1 Å². The van der Waals surface area contributed by atoms with E-state index in [9.17, 15) is 4.79 Å². The molecule has 1 amide bonds. The molecule has 0 aromatic rings. The molecule has 0 heterocycles. The summed E-state index contributed by atoms with van der Waals surface area (Å²) in [5.74, 6) is 0.00463. The molecule has 11 heavy (non-hydrogen) atoms. The maximum atomic E-state index is 9.70. The van der Waals surface area contributed by atoms with Gasteiger partial charge >= 0.3 is 0 Å². The Hall–Kier alpha value is -0.530. The van der Waals surface area contributed by atoms with Gasteiger partial charge in [0.1, 0.15) is 0 Å². The molecule has 0 spiro atoms. The molecular weight excluding hydrogens is 138 g/mol. The van der Waals surface area contributed by atoms with Gasteiger partial charge in [0.15, 0.2) is 0 Å². The van der Waals surface area contributed by atoms with Crippen LogP contribution < -0.4 is 5.32 Å². The standard InChI is InChI=1S/C3H7NO.2C3H8/c1-3(5)4-2;2*1-3-2/h1-2H3,(H,4,5);2*3H2,1-2H3. The Kier molecular flexibility index (Phi) is 34.7. The van der Waals surface area contributed by atoms with Gasteiger partial charge < -0.3 is 5.32 Å². The molecule has 0 aliphatic carbocycles. The summed E-state index contributed by atoms with van der Waals surface area (Å²) in [6.45, 7) is 9.97. The average Bonchev–Trinajstić information content (AvgIpc) is 1.91. The Balaban J connectivity index is -0.0000000933. The van der Waals surface area contributed by atoms with Crippen LogP contribution in [0.3, 0.4) is 0 Å². The maximum absolute atomic E-state index is 9.70. The summed E-state index contributed by atoms with van der Waals surface area (Å²) in [4.78, 5) is 9.70. The highest BCUT2D eigenvalue weighted by atomic mass is 16.1. The van der Waals surface area contributed by atoms with Crippen molar-refractivity contribution < 1.29 is 4.79 Å². The first-order valence-corrected chi connectivity index (χ1v) is 4.28. The molecule has 0 radical (unpaired) electrons. The lowest BCUT2D eigenvalue weighted by Crippen LogP contribution is -2.11. The van der Waals surface area contributed by atoms with Crippen molar-refractivity contribution in [2.75, 3.05) is 7.05 Å². The first-order chi connectivity index (χ1) is 5.10. The monoisotopic (exact) mass is 161 g/mol. The van der Waals surface area contributed by atoms with Gasteiger partial charge in [-0.25, -0.2) is 0 Å². The summed E-state index contributed by atoms with van der Waals surface area (Å²) in [5, 5.41) is 2.39. The number of rotatable bonds is 0. The molecule has 2 heteroatoms. The minimum Gasteiger partial charge on any atom is -0.359 e. The van der Waals surface area contributed by atoms with E-state index in [1.165, 1.54) is 19.8 Å². The molecule has 0 saturated heterocycles. The van der Waals surface area contributed by atoms with Crippen molar-refractivity contribution in [3.63, 3.8) is 0 Å². The molecule has 2 nitrogen and oxygen atoms in total. The van der Waals surface area contributed by atoms with E-state index in [1.54, 1.807) is 7.05 Å². The van der Waals surface area contributed by atoms with Crippen molar-refractivity contribution in [2.45, 2.75) is 47.5 Å². The van der Waals surface area contributed by atoms with Crippen molar-refractivity contribution in [2.24, 2.45) is 0 Å². The van der Waals surface area contributed by atoms with Crippen LogP contribution in [0.25, 0.3) is 0 Å². The smallest absolute Gasteiger partial charge is 0.216 e. The van der Waals surface area contributed by atoms with E-state index < -0.39 is 0 Å². The summed E-state index contributed by atoms with van der Waals surface area (Å²) in [6, 6.07) is 0. The van der Waals surface area contributed by atoms with Crippen LogP contribution in [0.1, 0.15) is 47.5 Å². The fourth-order valence-electron chi connectivity index (χ4n) is 0. The second-order valence-electron chi connectivity index (χ2n) is 2.22. The third-order valence-corrected chi connectivity index (χ3v) is 0.352. The van der Waals surface area contributed by atoms with Gasteiger partial charge in [-0.2, -0.15) is 0 Å². The fourth-order valence-corrected chi connectivity index (χ4v) is 0. The van der Waals surface area contributed by atoms with Crippen molar-refractivity contribution in [3.8, 4) is 0 Å². The van der Waals surface area contributed by atoms with Crippen molar-refractivity contribution >= 4 is 5.91 Å². The van der Waals surface area contributed by atoms with E-state index in [4.69, 9.17) is 0 Å². The molecule has 0 rings (SSSR count). The molecule has 0 aliphatic rings. The van der Waals surface area contributed by atoms with Gasteiger partial charge in [-0.15, -0.1) is 0 Å². The van der Waals surface area contributed by atoms with E-state index in [-0.39, 0.29) is 5.91 Å². The zero-order valence-electron chi connectivity index (χ0n) is 8.82. The van der Waals surface area contributed by atoms with E-state index in [2.05, 4.69) is 33.0 Å². The van der Waals surface area contributed by atoms with Crippen LogP contribution in [0.5, 0.6) is 0 Å². The zero-order valence-corrected chi connectivity index (χ0v) is 8.82. The Labute approximate surface area is 71.4 Å². The zero-order chi connectivity index (χ0) is 9.70. The summed E-state index contributed by atoms with van der Waals surface area (Å²) >= 11 is 0. The largest absolute Gasteiger partial charge is 0.359 e. The number of hydrogen-bond donors (Lipinski definition) is 1. The van der Waals surface area contributed by atoms with E-state index in [0.717, 1.165) is 0 Å². The highest BCUT2D eigenvalue weighted by Gasteiger charge is 1.72. The van der Waals surface area contributed by atoms with Crippen molar-refractivity contribution in [3.05, 3.63) is 0 Å². The molecule has 0 aromatic heterocycles. The summed E-state index contributed by atoms with van der Waals surface area (Å²) in [6.07, 6.45) is 2.50. The number of nitrogens with one attached hydrogen (secondary N) is 1. The average molecular weight is 161 g/mol. The van der Waals surface area contributed by atoms with Gasteiger partial charge in [0.25, 0.3) is 0 Å².